The minimum Gasteiger partial charge on any atom is -0.497 e. The summed E-state index contributed by atoms with van der Waals surface area (Å²) in [5.74, 6) is 1.74. The van der Waals surface area contributed by atoms with Crippen molar-refractivity contribution < 1.29 is 9.53 Å². The molecule has 2 aliphatic carbocycles. The SMILES string of the molecule is COc1ccc2nc(-c3cccc(Cl)c3)n(CC(=O)N(C3CCCCC3)C3CCCCC3)c2c1. The largest absolute Gasteiger partial charge is 0.497 e. The lowest BCUT2D eigenvalue weighted by atomic mass is 9.88. The fourth-order valence-electron chi connectivity index (χ4n) is 5.88. The Balaban J connectivity index is 1.55. The summed E-state index contributed by atoms with van der Waals surface area (Å²) in [7, 11) is 1.67. The molecule has 0 aliphatic heterocycles. The van der Waals surface area contributed by atoms with Gasteiger partial charge >= 0.3 is 0 Å². The summed E-state index contributed by atoms with van der Waals surface area (Å²) in [5.41, 5.74) is 2.68. The molecule has 6 heteroatoms. The maximum Gasteiger partial charge on any atom is 0.243 e. The van der Waals surface area contributed by atoms with E-state index in [2.05, 4.69) is 9.47 Å². The van der Waals surface area contributed by atoms with Crippen LogP contribution in [0.25, 0.3) is 22.4 Å². The fourth-order valence-corrected chi connectivity index (χ4v) is 6.07. The number of benzene rings is 2. The number of rotatable bonds is 6. The number of amides is 1. The number of halogens is 1. The predicted octanol–water partition coefficient (Wildman–Crippen LogP) is 6.86. The van der Waals surface area contributed by atoms with Gasteiger partial charge in [0.05, 0.1) is 18.1 Å². The molecular weight excluding hydrogens is 446 g/mol. The van der Waals surface area contributed by atoms with Crippen LogP contribution in [0.4, 0.5) is 0 Å². The normalized spacial score (nSPS) is 17.7. The molecule has 0 N–H and O–H groups in total. The maximum absolute atomic E-state index is 14.1. The van der Waals surface area contributed by atoms with Crippen molar-refractivity contribution in [2.24, 2.45) is 0 Å². The van der Waals surface area contributed by atoms with Gasteiger partial charge in [-0.25, -0.2) is 4.98 Å². The number of imidazole rings is 1. The molecule has 0 saturated heterocycles. The average Bonchev–Trinajstić information content (AvgIpc) is 3.23. The zero-order chi connectivity index (χ0) is 23.5. The van der Waals surface area contributed by atoms with Crippen LogP contribution in [0.15, 0.2) is 42.5 Å². The topological polar surface area (TPSA) is 47.4 Å². The van der Waals surface area contributed by atoms with Crippen LogP contribution in [-0.2, 0) is 11.3 Å². The molecule has 5 nitrogen and oxygen atoms in total. The minimum absolute atomic E-state index is 0.212. The van der Waals surface area contributed by atoms with Crippen LogP contribution in [-0.4, -0.2) is 39.6 Å². The lowest BCUT2D eigenvalue weighted by Gasteiger charge is -2.42. The second kappa shape index (κ2) is 10.4. The van der Waals surface area contributed by atoms with E-state index in [1.165, 1.54) is 38.5 Å². The van der Waals surface area contributed by atoms with Gasteiger partial charge in [0.15, 0.2) is 0 Å². The third-order valence-electron chi connectivity index (χ3n) is 7.56. The number of carbonyl (C=O) groups excluding carboxylic acids is 1. The summed E-state index contributed by atoms with van der Waals surface area (Å²) < 4.78 is 7.56. The number of fused-ring (bicyclic) bond motifs is 1. The van der Waals surface area contributed by atoms with Crippen LogP contribution in [0.3, 0.4) is 0 Å². The van der Waals surface area contributed by atoms with E-state index in [1.807, 2.05) is 42.5 Å². The minimum atomic E-state index is 0.212. The molecule has 2 fully saturated rings. The number of hydrogen-bond donors (Lipinski definition) is 0. The number of hydrogen-bond acceptors (Lipinski definition) is 3. The first kappa shape index (κ1) is 23.2. The van der Waals surface area contributed by atoms with Crippen molar-refractivity contribution >= 4 is 28.5 Å². The molecular formula is C28H34ClN3O2. The fraction of sp³-hybridized carbons (Fsp3) is 0.500. The molecule has 1 aromatic heterocycles. The molecule has 2 aliphatic rings. The first-order valence-corrected chi connectivity index (χ1v) is 13.1. The third-order valence-corrected chi connectivity index (χ3v) is 7.79. The van der Waals surface area contributed by atoms with Gasteiger partial charge < -0.3 is 14.2 Å². The van der Waals surface area contributed by atoms with Crippen LogP contribution >= 0.6 is 11.6 Å². The molecule has 0 atom stereocenters. The summed E-state index contributed by atoms with van der Waals surface area (Å²) >= 11 is 6.32. The van der Waals surface area contributed by atoms with E-state index >= 15 is 0 Å². The van der Waals surface area contributed by atoms with Crippen molar-refractivity contribution in [2.45, 2.75) is 82.8 Å². The van der Waals surface area contributed by atoms with Crippen molar-refractivity contribution in [2.75, 3.05) is 7.11 Å². The second-order valence-corrected chi connectivity index (χ2v) is 10.2. The van der Waals surface area contributed by atoms with E-state index in [0.29, 0.717) is 17.1 Å². The van der Waals surface area contributed by atoms with Crippen LogP contribution in [0.1, 0.15) is 64.2 Å². The lowest BCUT2D eigenvalue weighted by Crippen LogP contribution is -2.50. The van der Waals surface area contributed by atoms with E-state index in [1.54, 1.807) is 7.11 Å². The number of carbonyl (C=O) groups is 1. The van der Waals surface area contributed by atoms with E-state index in [-0.39, 0.29) is 12.5 Å². The molecule has 34 heavy (non-hydrogen) atoms. The Morgan fingerprint density at radius 2 is 1.68 bits per heavy atom. The number of methoxy groups -OCH3 is 1. The third kappa shape index (κ3) is 4.81. The quantitative estimate of drug-likeness (QED) is 0.388. The van der Waals surface area contributed by atoms with Crippen LogP contribution < -0.4 is 4.74 Å². The van der Waals surface area contributed by atoms with E-state index in [9.17, 15) is 4.79 Å². The Kier molecular flexibility index (Phi) is 7.10. The summed E-state index contributed by atoms with van der Waals surface area (Å²) in [6.45, 7) is 0.276. The van der Waals surface area contributed by atoms with Crippen molar-refractivity contribution in [3.8, 4) is 17.1 Å². The van der Waals surface area contributed by atoms with Crippen LogP contribution in [0, 0.1) is 0 Å². The van der Waals surface area contributed by atoms with Gasteiger partial charge in [-0.05, 0) is 49.9 Å². The van der Waals surface area contributed by atoms with Gasteiger partial charge in [-0.3, -0.25) is 4.79 Å². The van der Waals surface area contributed by atoms with E-state index < -0.39 is 0 Å². The van der Waals surface area contributed by atoms with Gasteiger partial charge in [-0.2, -0.15) is 0 Å². The number of ether oxygens (including phenoxy) is 1. The second-order valence-electron chi connectivity index (χ2n) is 9.77. The van der Waals surface area contributed by atoms with Gasteiger partial charge in [0.2, 0.25) is 5.91 Å². The lowest BCUT2D eigenvalue weighted by molar-refractivity contribution is -0.138. The molecule has 2 aromatic carbocycles. The Morgan fingerprint density at radius 3 is 2.29 bits per heavy atom. The van der Waals surface area contributed by atoms with Crippen molar-refractivity contribution in [1.29, 1.82) is 0 Å². The molecule has 5 rings (SSSR count). The Labute approximate surface area is 207 Å². The molecule has 0 radical (unpaired) electrons. The molecule has 3 aromatic rings. The van der Waals surface area contributed by atoms with Gasteiger partial charge in [0.25, 0.3) is 0 Å². The van der Waals surface area contributed by atoms with E-state index in [4.69, 9.17) is 21.3 Å². The Bertz CT molecular complexity index is 1130. The molecule has 180 valence electrons. The van der Waals surface area contributed by atoms with Crippen LogP contribution in [0.5, 0.6) is 5.75 Å². The van der Waals surface area contributed by atoms with E-state index in [0.717, 1.165) is 53.9 Å². The summed E-state index contributed by atoms with van der Waals surface area (Å²) in [4.78, 5) is 21.3. The van der Waals surface area contributed by atoms with Gasteiger partial charge in [0.1, 0.15) is 18.1 Å². The molecule has 0 spiro atoms. The molecule has 0 unspecified atom stereocenters. The zero-order valence-corrected chi connectivity index (χ0v) is 20.8. The predicted molar refractivity (Wildman–Crippen MR) is 137 cm³/mol. The highest BCUT2D eigenvalue weighted by molar-refractivity contribution is 6.30. The number of nitrogens with zero attached hydrogens (tertiary/aromatic N) is 3. The van der Waals surface area contributed by atoms with Crippen molar-refractivity contribution in [3.63, 3.8) is 0 Å². The summed E-state index contributed by atoms with van der Waals surface area (Å²) in [6.07, 6.45) is 12.0. The smallest absolute Gasteiger partial charge is 0.243 e. The monoisotopic (exact) mass is 479 g/mol. The molecule has 0 bridgehead atoms. The average molecular weight is 480 g/mol. The highest BCUT2D eigenvalue weighted by Crippen LogP contribution is 2.33. The van der Waals surface area contributed by atoms with Crippen molar-refractivity contribution in [3.05, 3.63) is 47.5 Å². The van der Waals surface area contributed by atoms with Gasteiger partial charge in [-0.1, -0.05) is 62.3 Å². The standard InChI is InChI=1S/C28H34ClN3O2/c1-34-24-15-16-25-26(18-24)31(28(30-25)20-9-8-10-21(29)17-20)19-27(33)32(22-11-4-2-5-12-22)23-13-6-3-7-14-23/h8-10,15-18,22-23H,2-7,11-14,19H2,1H3. The highest BCUT2D eigenvalue weighted by Gasteiger charge is 2.33. The molecule has 1 heterocycles. The Hall–Kier alpha value is -2.53. The molecule has 2 saturated carbocycles. The van der Waals surface area contributed by atoms with Gasteiger partial charge in [-0.15, -0.1) is 0 Å². The highest BCUT2D eigenvalue weighted by atomic mass is 35.5. The maximum atomic E-state index is 14.1. The summed E-state index contributed by atoms with van der Waals surface area (Å²) in [6, 6.07) is 14.3. The zero-order valence-electron chi connectivity index (χ0n) is 20.0. The summed E-state index contributed by atoms with van der Waals surface area (Å²) in [5, 5.41) is 0.658. The van der Waals surface area contributed by atoms with Crippen LogP contribution in [0.2, 0.25) is 5.02 Å². The Morgan fingerprint density at radius 1 is 1.00 bits per heavy atom. The number of aromatic nitrogens is 2. The molecule has 1 amide bonds. The van der Waals surface area contributed by atoms with Gasteiger partial charge in [0, 0.05) is 28.7 Å². The first-order chi connectivity index (χ1) is 16.6. The van der Waals surface area contributed by atoms with Crippen molar-refractivity contribution in [1.82, 2.24) is 14.5 Å². The first-order valence-electron chi connectivity index (χ1n) is 12.8.